The van der Waals surface area contributed by atoms with Gasteiger partial charge >= 0.3 is 0 Å². The van der Waals surface area contributed by atoms with E-state index in [0.717, 1.165) is 37.2 Å². The first kappa shape index (κ1) is 16.9. The molecule has 0 saturated carbocycles. The Labute approximate surface area is 149 Å². The summed E-state index contributed by atoms with van der Waals surface area (Å²) in [5.74, 6) is 0.966. The van der Waals surface area contributed by atoms with Gasteiger partial charge < -0.3 is 4.90 Å². The number of benzene rings is 1. The molecule has 0 radical (unpaired) electrons. The highest BCUT2D eigenvalue weighted by Crippen LogP contribution is 2.40. The van der Waals surface area contributed by atoms with Crippen LogP contribution in [0.15, 0.2) is 35.4 Å². The van der Waals surface area contributed by atoms with Crippen molar-refractivity contribution in [2.45, 2.75) is 44.7 Å². The van der Waals surface area contributed by atoms with E-state index in [2.05, 4.69) is 73.7 Å². The van der Waals surface area contributed by atoms with E-state index >= 15 is 0 Å². The van der Waals surface area contributed by atoms with Crippen molar-refractivity contribution in [3.8, 4) is 6.07 Å². The number of fused-ring (bicyclic) bond motifs is 1. The molecule has 0 amide bonds. The second kappa shape index (κ2) is 6.49. The topological polar surface area (TPSA) is 39.9 Å². The zero-order valence-electron chi connectivity index (χ0n) is 14.5. The van der Waals surface area contributed by atoms with E-state index in [1.807, 2.05) is 6.07 Å². The van der Waals surface area contributed by atoms with E-state index in [-0.39, 0.29) is 5.41 Å². The van der Waals surface area contributed by atoms with E-state index in [0.29, 0.717) is 10.6 Å². The van der Waals surface area contributed by atoms with Gasteiger partial charge in [0.1, 0.15) is 16.9 Å². The SMILES string of the molecule is CN(Cc1ccccc1)c1nc(S)c(C#N)c2c1CCC(C)(C)C2. The largest absolute Gasteiger partial charge is 0.355 e. The minimum absolute atomic E-state index is 0.218. The van der Waals surface area contributed by atoms with Crippen molar-refractivity contribution in [3.05, 3.63) is 52.6 Å². The predicted molar refractivity (Wildman–Crippen MR) is 101 cm³/mol. The molecule has 0 aliphatic heterocycles. The van der Waals surface area contributed by atoms with Crippen molar-refractivity contribution in [1.29, 1.82) is 5.26 Å². The lowest BCUT2D eigenvalue weighted by Gasteiger charge is -2.34. The van der Waals surface area contributed by atoms with Gasteiger partial charge in [0.05, 0.1) is 5.56 Å². The molecule has 0 bridgehead atoms. The minimum atomic E-state index is 0.218. The molecular weight excluding hydrogens is 314 g/mol. The van der Waals surface area contributed by atoms with E-state index in [4.69, 9.17) is 0 Å². The van der Waals surface area contributed by atoms with E-state index in [1.54, 1.807) is 0 Å². The Kier molecular flexibility index (Phi) is 4.56. The lowest BCUT2D eigenvalue weighted by Crippen LogP contribution is -2.27. The van der Waals surface area contributed by atoms with Crippen LogP contribution < -0.4 is 4.90 Å². The Morgan fingerprint density at radius 2 is 1.96 bits per heavy atom. The van der Waals surface area contributed by atoms with Gasteiger partial charge in [0, 0.05) is 13.6 Å². The number of hydrogen-bond acceptors (Lipinski definition) is 4. The highest BCUT2D eigenvalue weighted by molar-refractivity contribution is 7.80. The van der Waals surface area contributed by atoms with Crippen LogP contribution in [0.3, 0.4) is 0 Å². The van der Waals surface area contributed by atoms with Crippen LogP contribution >= 0.6 is 12.6 Å². The Hall–Kier alpha value is -1.99. The maximum absolute atomic E-state index is 9.56. The van der Waals surface area contributed by atoms with Gasteiger partial charge in [-0.3, -0.25) is 0 Å². The van der Waals surface area contributed by atoms with Gasteiger partial charge in [-0.15, -0.1) is 12.6 Å². The fraction of sp³-hybridized carbons (Fsp3) is 0.400. The van der Waals surface area contributed by atoms with Crippen molar-refractivity contribution < 1.29 is 0 Å². The maximum Gasteiger partial charge on any atom is 0.133 e. The maximum atomic E-state index is 9.56. The van der Waals surface area contributed by atoms with Crippen molar-refractivity contribution in [2.75, 3.05) is 11.9 Å². The number of thiol groups is 1. The number of rotatable bonds is 3. The summed E-state index contributed by atoms with van der Waals surface area (Å²) in [5, 5.41) is 10.1. The molecule has 1 aliphatic rings. The van der Waals surface area contributed by atoms with Gasteiger partial charge in [-0.2, -0.15) is 5.26 Å². The quantitative estimate of drug-likeness (QED) is 0.844. The number of aromatic nitrogens is 1. The molecule has 1 aliphatic carbocycles. The third-order valence-corrected chi connectivity index (χ3v) is 5.14. The zero-order chi connectivity index (χ0) is 17.3. The number of pyridine rings is 1. The Bertz CT molecular complexity index is 791. The summed E-state index contributed by atoms with van der Waals surface area (Å²) in [6.07, 6.45) is 2.99. The molecule has 24 heavy (non-hydrogen) atoms. The molecular formula is C20H23N3S. The van der Waals surface area contributed by atoms with E-state index < -0.39 is 0 Å². The smallest absolute Gasteiger partial charge is 0.133 e. The van der Waals surface area contributed by atoms with Crippen molar-refractivity contribution >= 4 is 18.4 Å². The van der Waals surface area contributed by atoms with Crippen LogP contribution in [-0.4, -0.2) is 12.0 Å². The first-order chi connectivity index (χ1) is 11.4. The lowest BCUT2D eigenvalue weighted by molar-refractivity contribution is 0.314. The highest BCUT2D eigenvalue weighted by atomic mass is 32.1. The van der Waals surface area contributed by atoms with Gasteiger partial charge in [0.15, 0.2) is 0 Å². The Balaban J connectivity index is 2.03. The molecule has 0 saturated heterocycles. The summed E-state index contributed by atoms with van der Waals surface area (Å²) in [7, 11) is 2.06. The molecule has 2 aromatic rings. The second-order valence-corrected chi connectivity index (χ2v) is 7.81. The molecule has 124 valence electrons. The predicted octanol–water partition coefficient (Wildman–Crippen LogP) is 4.39. The Morgan fingerprint density at radius 3 is 2.62 bits per heavy atom. The second-order valence-electron chi connectivity index (χ2n) is 7.39. The van der Waals surface area contributed by atoms with Gasteiger partial charge in [-0.05, 0) is 41.4 Å². The van der Waals surface area contributed by atoms with Crippen LogP contribution in [0.25, 0.3) is 0 Å². The van der Waals surface area contributed by atoms with Crippen molar-refractivity contribution in [1.82, 2.24) is 4.98 Å². The van der Waals surface area contributed by atoms with Crippen molar-refractivity contribution in [3.63, 3.8) is 0 Å². The molecule has 0 spiro atoms. The van der Waals surface area contributed by atoms with Crippen LogP contribution in [0, 0.1) is 16.7 Å². The number of hydrogen-bond donors (Lipinski definition) is 1. The molecule has 1 aromatic heterocycles. The molecule has 0 N–H and O–H groups in total. The third kappa shape index (κ3) is 3.27. The molecule has 1 heterocycles. The van der Waals surface area contributed by atoms with Crippen LogP contribution in [0.5, 0.6) is 0 Å². The van der Waals surface area contributed by atoms with Crippen LogP contribution in [0.4, 0.5) is 5.82 Å². The summed E-state index contributed by atoms with van der Waals surface area (Å²) in [6, 6.07) is 12.7. The summed E-state index contributed by atoms with van der Waals surface area (Å²) in [6.45, 7) is 5.33. The first-order valence-electron chi connectivity index (χ1n) is 8.31. The fourth-order valence-corrected chi connectivity index (χ4v) is 3.78. The minimum Gasteiger partial charge on any atom is -0.355 e. The van der Waals surface area contributed by atoms with Gasteiger partial charge in [-0.1, -0.05) is 44.2 Å². The monoisotopic (exact) mass is 337 g/mol. The molecule has 0 fully saturated rings. The molecule has 4 heteroatoms. The highest BCUT2D eigenvalue weighted by Gasteiger charge is 2.31. The first-order valence-corrected chi connectivity index (χ1v) is 8.76. The van der Waals surface area contributed by atoms with Gasteiger partial charge in [0.2, 0.25) is 0 Å². The Morgan fingerprint density at radius 1 is 1.25 bits per heavy atom. The lowest BCUT2D eigenvalue weighted by atomic mass is 9.73. The van der Waals surface area contributed by atoms with Crippen LogP contribution in [-0.2, 0) is 19.4 Å². The van der Waals surface area contributed by atoms with Crippen molar-refractivity contribution in [2.24, 2.45) is 5.41 Å². The van der Waals surface area contributed by atoms with Gasteiger partial charge in [-0.25, -0.2) is 4.98 Å². The van der Waals surface area contributed by atoms with Crippen LogP contribution in [0.2, 0.25) is 0 Å². The zero-order valence-corrected chi connectivity index (χ0v) is 15.4. The summed E-state index contributed by atoms with van der Waals surface area (Å²) < 4.78 is 0. The molecule has 0 atom stereocenters. The average Bonchev–Trinajstić information content (AvgIpc) is 2.54. The van der Waals surface area contributed by atoms with E-state index in [1.165, 1.54) is 11.1 Å². The molecule has 1 aromatic carbocycles. The van der Waals surface area contributed by atoms with E-state index in [9.17, 15) is 5.26 Å². The third-order valence-electron chi connectivity index (χ3n) is 4.81. The summed E-state index contributed by atoms with van der Waals surface area (Å²) >= 11 is 4.50. The number of nitrogens with zero attached hydrogens (tertiary/aromatic N) is 3. The van der Waals surface area contributed by atoms with Gasteiger partial charge in [0.25, 0.3) is 0 Å². The number of anilines is 1. The summed E-state index contributed by atoms with van der Waals surface area (Å²) in [5.41, 5.74) is 4.48. The molecule has 0 unspecified atom stereocenters. The number of nitriles is 1. The average molecular weight is 337 g/mol. The normalized spacial score (nSPS) is 15.5. The summed E-state index contributed by atoms with van der Waals surface area (Å²) in [4.78, 5) is 6.84. The molecule has 3 rings (SSSR count). The molecule has 3 nitrogen and oxygen atoms in total. The fourth-order valence-electron chi connectivity index (χ4n) is 3.50. The van der Waals surface area contributed by atoms with Crippen LogP contribution in [0.1, 0.15) is 42.5 Å². The standard InChI is InChI=1S/C20H23N3S/c1-20(2)10-9-15-16(11-20)17(12-21)19(24)22-18(15)23(3)13-14-7-5-4-6-8-14/h4-8H,9-11,13H2,1-3H3,(H,22,24).